The third-order valence-corrected chi connectivity index (χ3v) is 14.5. The lowest BCUT2D eigenvalue weighted by Crippen LogP contribution is -2.51. The van der Waals surface area contributed by atoms with Crippen molar-refractivity contribution < 1.29 is 14.3 Å². The van der Waals surface area contributed by atoms with Gasteiger partial charge in [-0.15, -0.1) is 24.8 Å². The zero-order chi connectivity index (χ0) is 36.4. The summed E-state index contributed by atoms with van der Waals surface area (Å²) in [5.41, 5.74) is 14.0. The second-order valence-electron chi connectivity index (χ2n) is 19.7. The molecular formula is C43H79Cl2N3O3. The fraction of sp³-hybridized carbons (Fsp3) is 0.907. The summed E-state index contributed by atoms with van der Waals surface area (Å²) < 4.78 is 6.08. The number of nitrogens with two attached hydrogens (primary N) is 2. The van der Waals surface area contributed by atoms with Gasteiger partial charge in [0.1, 0.15) is 6.10 Å². The van der Waals surface area contributed by atoms with Crippen LogP contribution in [-0.2, 0) is 14.3 Å². The molecule has 0 saturated heterocycles. The maximum absolute atomic E-state index is 13.2. The molecule has 0 aromatic heterocycles. The Morgan fingerprint density at radius 1 is 0.902 bits per heavy atom. The largest absolute Gasteiger partial charge is 0.462 e. The number of fused-ring (bicyclic) bond motifs is 5. The third kappa shape index (κ3) is 11.6. The van der Waals surface area contributed by atoms with E-state index >= 15 is 0 Å². The van der Waals surface area contributed by atoms with E-state index in [2.05, 4.69) is 47.6 Å². The Labute approximate surface area is 326 Å². The van der Waals surface area contributed by atoms with Gasteiger partial charge in [-0.2, -0.15) is 0 Å². The van der Waals surface area contributed by atoms with Crippen LogP contribution in [0.1, 0.15) is 166 Å². The van der Waals surface area contributed by atoms with Crippen LogP contribution >= 0.6 is 24.8 Å². The highest BCUT2D eigenvalue weighted by molar-refractivity contribution is 5.85. The molecule has 298 valence electrons. The second kappa shape index (κ2) is 18.7. The van der Waals surface area contributed by atoms with Crippen molar-refractivity contribution in [1.82, 2.24) is 4.90 Å². The Hall–Kier alpha value is -0.820. The van der Waals surface area contributed by atoms with Crippen molar-refractivity contribution in [2.75, 3.05) is 13.1 Å². The van der Waals surface area contributed by atoms with Crippen molar-refractivity contribution in [3.05, 3.63) is 11.6 Å². The number of ether oxygens (including phenoxy) is 1. The van der Waals surface area contributed by atoms with E-state index < -0.39 is 0 Å². The smallest absolute Gasteiger partial charge is 0.306 e. The van der Waals surface area contributed by atoms with Crippen LogP contribution in [0.2, 0.25) is 0 Å². The molecule has 0 heterocycles. The van der Waals surface area contributed by atoms with E-state index in [1.807, 2.05) is 32.6 Å². The zero-order valence-corrected chi connectivity index (χ0v) is 36.0. The molecule has 7 unspecified atom stereocenters. The van der Waals surface area contributed by atoms with Gasteiger partial charge in [0.25, 0.3) is 0 Å². The number of halogens is 2. The Bertz CT molecular complexity index is 1140. The molecule has 0 aliphatic heterocycles. The minimum atomic E-state index is -0.361. The van der Waals surface area contributed by atoms with E-state index in [0.29, 0.717) is 31.3 Å². The van der Waals surface area contributed by atoms with Crippen molar-refractivity contribution >= 4 is 36.7 Å². The number of amides is 1. The van der Waals surface area contributed by atoms with Gasteiger partial charge in [0.15, 0.2) is 0 Å². The zero-order valence-electron chi connectivity index (χ0n) is 34.4. The molecule has 51 heavy (non-hydrogen) atoms. The lowest BCUT2D eigenvalue weighted by Gasteiger charge is -2.58. The molecule has 8 heteroatoms. The molecule has 4 aliphatic rings. The van der Waals surface area contributed by atoms with Crippen LogP contribution in [0.25, 0.3) is 0 Å². The topological polar surface area (TPSA) is 98.7 Å². The number of hydrogen-bond donors (Lipinski definition) is 2. The van der Waals surface area contributed by atoms with E-state index in [9.17, 15) is 9.59 Å². The van der Waals surface area contributed by atoms with Gasteiger partial charge in [0.05, 0.1) is 6.42 Å². The average Bonchev–Trinajstić information content (AvgIpc) is 3.36. The maximum Gasteiger partial charge on any atom is 0.306 e. The first-order valence-electron chi connectivity index (χ1n) is 20.5. The van der Waals surface area contributed by atoms with Crippen LogP contribution in [0, 0.1) is 52.3 Å². The van der Waals surface area contributed by atoms with Gasteiger partial charge >= 0.3 is 5.97 Å². The van der Waals surface area contributed by atoms with E-state index in [1.165, 1.54) is 51.4 Å². The Morgan fingerprint density at radius 3 is 2.10 bits per heavy atom. The summed E-state index contributed by atoms with van der Waals surface area (Å²) >= 11 is 0. The summed E-state index contributed by atoms with van der Waals surface area (Å²) in [6.07, 6.45) is 18.0. The van der Waals surface area contributed by atoms with Gasteiger partial charge in [-0.3, -0.25) is 9.59 Å². The molecule has 3 fully saturated rings. The molecule has 3 saturated carbocycles. The van der Waals surface area contributed by atoms with Crippen LogP contribution < -0.4 is 11.5 Å². The first kappa shape index (κ1) is 46.3. The van der Waals surface area contributed by atoms with Gasteiger partial charge in [0, 0.05) is 37.0 Å². The van der Waals surface area contributed by atoms with E-state index in [0.717, 1.165) is 60.7 Å². The first-order chi connectivity index (χ1) is 22.8. The fourth-order valence-corrected chi connectivity index (χ4v) is 11.2. The van der Waals surface area contributed by atoms with Gasteiger partial charge in [-0.1, -0.05) is 66.0 Å². The predicted molar refractivity (Wildman–Crippen MR) is 218 cm³/mol. The molecule has 0 radical (unpaired) electrons. The van der Waals surface area contributed by atoms with Gasteiger partial charge in [-0.25, -0.2) is 0 Å². The number of hydrogen-bond acceptors (Lipinski definition) is 5. The highest BCUT2D eigenvalue weighted by atomic mass is 35.5. The normalized spacial score (nSPS) is 31.5. The van der Waals surface area contributed by atoms with E-state index in [1.54, 1.807) is 5.57 Å². The summed E-state index contributed by atoms with van der Waals surface area (Å²) in [5, 5.41) is 0. The Morgan fingerprint density at radius 2 is 1.53 bits per heavy atom. The maximum atomic E-state index is 13.2. The highest BCUT2D eigenvalue weighted by Crippen LogP contribution is 2.67. The molecule has 0 bridgehead atoms. The second-order valence-corrected chi connectivity index (χ2v) is 19.7. The lowest BCUT2D eigenvalue weighted by atomic mass is 9.47. The number of allylic oxidation sites excluding steroid dienone is 1. The van der Waals surface area contributed by atoms with Gasteiger partial charge in [-0.05, 0) is 144 Å². The summed E-state index contributed by atoms with van der Waals surface area (Å²) in [7, 11) is 0. The number of rotatable bonds is 16. The van der Waals surface area contributed by atoms with Crippen molar-refractivity contribution in [3.8, 4) is 0 Å². The summed E-state index contributed by atoms with van der Waals surface area (Å²) in [6, 6.07) is 0. The molecular weight excluding hydrogens is 677 g/mol. The SMILES string of the molecule is CC[C@H](CC[C@@H](C)C1CCC2C3CC=C4CC(OC(=O)CCC(=O)N(CCC(C)(C)N)CCC(C)(C)N)CCC4(C)C3CCC21C)C(C)C.Cl.Cl. The van der Waals surface area contributed by atoms with Crippen molar-refractivity contribution in [2.24, 2.45) is 63.7 Å². The standard InChI is InChI=1S/C43H77N3O3.2ClH/c1-11-31(29(2)3)13-12-30(4)35-16-17-36-34-15-14-32-28-33(20-22-42(32,9)37(34)21-23-43(35,36)10)49-39(48)19-18-38(47)46(26-24-40(5,6)44)27-25-41(7,8)45;;/h14,29-31,33-37H,11-13,15-28,44-45H2,1-10H3;2*1H/t30-,31-,33?,34?,35?,36?,37?,42?,43?;;/m1../s1. The van der Waals surface area contributed by atoms with Crippen molar-refractivity contribution in [1.29, 1.82) is 0 Å². The van der Waals surface area contributed by atoms with Crippen LogP contribution in [-0.4, -0.2) is 47.0 Å². The van der Waals surface area contributed by atoms with Crippen LogP contribution in [0.3, 0.4) is 0 Å². The minimum absolute atomic E-state index is 0. The van der Waals surface area contributed by atoms with Gasteiger partial charge < -0.3 is 21.1 Å². The van der Waals surface area contributed by atoms with Crippen molar-refractivity contribution in [2.45, 2.75) is 183 Å². The quantitative estimate of drug-likeness (QED) is 0.121. The third-order valence-electron chi connectivity index (χ3n) is 14.5. The number of carbonyl (C=O) groups excluding carboxylic acids is 2. The molecule has 0 aromatic rings. The monoisotopic (exact) mass is 756 g/mol. The number of carbonyl (C=O) groups is 2. The summed E-state index contributed by atoms with van der Waals surface area (Å²) in [4.78, 5) is 28.1. The van der Waals surface area contributed by atoms with Gasteiger partial charge in [0.2, 0.25) is 5.91 Å². The van der Waals surface area contributed by atoms with Crippen LogP contribution in [0.4, 0.5) is 0 Å². The molecule has 4 rings (SSSR count). The van der Waals surface area contributed by atoms with E-state index in [4.69, 9.17) is 16.2 Å². The fourth-order valence-electron chi connectivity index (χ4n) is 11.2. The molecule has 0 spiro atoms. The molecule has 1 amide bonds. The Kier molecular flexibility index (Phi) is 17.0. The lowest BCUT2D eigenvalue weighted by molar-refractivity contribution is -0.153. The average molecular weight is 757 g/mol. The molecule has 4 N–H and O–H groups in total. The molecule has 4 aliphatic carbocycles. The number of esters is 1. The molecule has 9 atom stereocenters. The van der Waals surface area contributed by atoms with E-state index in [-0.39, 0.29) is 72.1 Å². The Balaban J connectivity index is 0.00000451. The highest BCUT2D eigenvalue weighted by Gasteiger charge is 2.59. The first-order valence-corrected chi connectivity index (χ1v) is 20.5. The predicted octanol–water partition coefficient (Wildman–Crippen LogP) is 10.3. The minimum Gasteiger partial charge on any atom is -0.462 e. The van der Waals surface area contributed by atoms with Crippen LogP contribution in [0.5, 0.6) is 0 Å². The number of nitrogens with zero attached hydrogens (tertiary/aromatic N) is 1. The molecule has 6 nitrogen and oxygen atoms in total. The molecule has 0 aromatic carbocycles. The summed E-state index contributed by atoms with van der Waals surface area (Å²) in [5.74, 6) is 5.49. The summed E-state index contributed by atoms with van der Waals surface area (Å²) in [6.45, 7) is 24.0. The van der Waals surface area contributed by atoms with Crippen molar-refractivity contribution in [3.63, 3.8) is 0 Å². The van der Waals surface area contributed by atoms with Crippen LogP contribution in [0.15, 0.2) is 11.6 Å².